The predicted octanol–water partition coefficient (Wildman–Crippen LogP) is 6.71. The second-order valence-corrected chi connectivity index (χ2v) is 16.9. The van der Waals surface area contributed by atoms with E-state index in [1.165, 1.54) is 12.1 Å². The van der Waals surface area contributed by atoms with Crippen LogP contribution in [0.3, 0.4) is 0 Å². The van der Waals surface area contributed by atoms with Crippen molar-refractivity contribution in [3.8, 4) is 22.3 Å². The average molecular weight is 879 g/mol. The van der Waals surface area contributed by atoms with Crippen molar-refractivity contribution >= 4 is 34.8 Å². The van der Waals surface area contributed by atoms with Gasteiger partial charge in [-0.05, 0) is 48.7 Å². The van der Waals surface area contributed by atoms with Gasteiger partial charge < -0.3 is 29.9 Å². The van der Waals surface area contributed by atoms with Gasteiger partial charge in [-0.2, -0.15) is 20.4 Å². The van der Waals surface area contributed by atoms with Gasteiger partial charge in [0.15, 0.2) is 11.6 Å². The molecule has 2 N–H and O–H groups in total. The van der Waals surface area contributed by atoms with Crippen LogP contribution in [0.2, 0.25) is 0 Å². The maximum atomic E-state index is 15.5. The fourth-order valence-electron chi connectivity index (χ4n) is 9.34. The number of benzene rings is 2. The van der Waals surface area contributed by atoms with Gasteiger partial charge in [0, 0.05) is 135 Å². The number of nitrogens with zero attached hydrogens (tertiary/aromatic N) is 10. The fourth-order valence-corrected chi connectivity index (χ4v) is 9.34. The monoisotopic (exact) mass is 878 g/mol. The first kappa shape index (κ1) is 41.5. The van der Waals surface area contributed by atoms with Crippen LogP contribution in [0.5, 0.6) is 0 Å². The van der Waals surface area contributed by atoms with E-state index in [1.54, 1.807) is 82.2 Å². The number of alkyl halides is 2. The minimum absolute atomic E-state index is 0.000173. The van der Waals surface area contributed by atoms with Gasteiger partial charge in [0.1, 0.15) is 5.82 Å². The summed E-state index contributed by atoms with van der Waals surface area (Å²) in [7, 11) is 1.74. The maximum Gasteiger partial charge on any atom is 0.264 e. The third-order valence-corrected chi connectivity index (χ3v) is 12.8. The summed E-state index contributed by atoms with van der Waals surface area (Å²) in [6, 6.07) is 9.78. The van der Waals surface area contributed by atoms with Crippen LogP contribution in [0.1, 0.15) is 72.8 Å². The molecule has 64 heavy (non-hydrogen) atoms. The summed E-state index contributed by atoms with van der Waals surface area (Å²) in [5, 5.41) is 25.2. The number of carbonyl (C=O) groups is 2. The van der Waals surface area contributed by atoms with Crippen LogP contribution in [0.4, 0.5) is 36.2 Å². The van der Waals surface area contributed by atoms with Crippen molar-refractivity contribution in [2.45, 2.75) is 77.2 Å². The number of carbonyl (C=O) groups excluding carboxylic acids is 2. The molecule has 2 saturated heterocycles. The molecule has 2 unspecified atom stereocenters. The number of aromatic nitrogens is 8. The molecule has 4 aromatic heterocycles. The topological polar surface area (TPSA) is 154 Å². The Bertz CT molecular complexity index is 2710. The Labute approximate surface area is 366 Å². The first-order valence-corrected chi connectivity index (χ1v) is 21.7. The molecule has 0 radical (unpaired) electrons. The molecule has 2 fully saturated rings. The lowest BCUT2D eigenvalue weighted by Gasteiger charge is -2.28. The van der Waals surface area contributed by atoms with E-state index in [0.29, 0.717) is 104 Å². The number of rotatable bonds is 12. The molecule has 0 aliphatic carbocycles. The summed E-state index contributed by atoms with van der Waals surface area (Å²) >= 11 is 0. The second kappa shape index (κ2) is 17.2. The first-order valence-electron chi connectivity index (χ1n) is 21.7. The number of aryl methyl sites for hydroxylation is 2. The zero-order valence-electron chi connectivity index (χ0n) is 35.6. The Morgan fingerprint density at radius 3 is 2.02 bits per heavy atom. The highest BCUT2D eigenvalue weighted by atomic mass is 19.3. The standard InChI is InChI=1S/C45H49F3N12O4/c1-27(61)56-12-7-40-37(23-56)44(53-59(40)32-10-15-63-25-32)52-31-4-6-39(46)35(17-31)29-20-50-58(22-29)14-9-42(62)57-13-8-41-38(24-57)45(54-60(41)33-11-16-64-26-33)51-30-3-5-34(36(18-30)43(47)48)28-19-49-55(2)21-28/h3-6,17-22,32-33,43H,7-16,23-26H2,1-2H3,(H,51,54)(H,52,53). The minimum atomic E-state index is -2.72. The van der Waals surface area contributed by atoms with Gasteiger partial charge in [-0.25, -0.2) is 13.2 Å². The molecule has 2 atom stereocenters. The molecule has 334 valence electrons. The summed E-state index contributed by atoms with van der Waals surface area (Å²) < 4.78 is 62.8. The minimum Gasteiger partial charge on any atom is -0.379 e. The molecule has 2 amide bonds. The van der Waals surface area contributed by atoms with Crippen LogP contribution in [-0.2, 0) is 58.6 Å². The van der Waals surface area contributed by atoms with Crippen molar-refractivity contribution in [2.75, 3.05) is 50.2 Å². The van der Waals surface area contributed by atoms with E-state index in [1.807, 2.05) is 9.36 Å². The van der Waals surface area contributed by atoms with Crippen molar-refractivity contribution < 1.29 is 32.2 Å². The molecular weight excluding hydrogens is 830 g/mol. The Hall–Kier alpha value is -6.47. The molecule has 0 saturated carbocycles. The third-order valence-electron chi connectivity index (χ3n) is 12.8. The normalized spacial score (nSPS) is 18.5. The molecule has 4 aliphatic heterocycles. The van der Waals surface area contributed by atoms with Gasteiger partial charge in [-0.1, -0.05) is 6.07 Å². The number of nitrogens with one attached hydrogen (secondary N) is 2. The van der Waals surface area contributed by atoms with E-state index in [9.17, 15) is 18.4 Å². The lowest BCUT2D eigenvalue weighted by molar-refractivity contribution is -0.132. The number of amides is 2. The van der Waals surface area contributed by atoms with Gasteiger partial charge in [-0.15, -0.1) is 0 Å². The maximum absolute atomic E-state index is 15.5. The van der Waals surface area contributed by atoms with E-state index in [4.69, 9.17) is 19.7 Å². The average Bonchev–Trinajstić information content (AvgIpc) is 4.16. The van der Waals surface area contributed by atoms with Gasteiger partial charge in [0.05, 0.1) is 50.8 Å². The predicted molar refractivity (Wildman–Crippen MR) is 230 cm³/mol. The van der Waals surface area contributed by atoms with Crippen molar-refractivity contribution in [1.29, 1.82) is 0 Å². The van der Waals surface area contributed by atoms with Crippen LogP contribution >= 0.6 is 0 Å². The van der Waals surface area contributed by atoms with E-state index in [-0.39, 0.29) is 49.0 Å². The van der Waals surface area contributed by atoms with Gasteiger partial charge in [0.2, 0.25) is 11.8 Å². The number of anilines is 4. The Balaban J connectivity index is 0.833. The van der Waals surface area contributed by atoms with Crippen LogP contribution in [-0.4, -0.2) is 100 Å². The van der Waals surface area contributed by atoms with E-state index >= 15 is 4.39 Å². The van der Waals surface area contributed by atoms with Crippen molar-refractivity contribution in [2.24, 2.45) is 7.05 Å². The lowest BCUT2D eigenvalue weighted by atomic mass is 10.0. The summed E-state index contributed by atoms with van der Waals surface area (Å²) in [5.41, 5.74) is 6.71. The summed E-state index contributed by atoms with van der Waals surface area (Å²) in [4.78, 5) is 29.7. The molecular formula is C45H49F3N12O4. The largest absolute Gasteiger partial charge is 0.379 e. The van der Waals surface area contributed by atoms with E-state index in [2.05, 4.69) is 20.8 Å². The first-order chi connectivity index (χ1) is 31.1. The number of ether oxygens (including phenoxy) is 2. The summed E-state index contributed by atoms with van der Waals surface area (Å²) in [5.74, 6) is 0.634. The highest BCUT2D eigenvalue weighted by Gasteiger charge is 2.33. The number of halogens is 3. The van der Waals surface area contributed by atoms with Crippen LogP contribution in [0.15, 0.2) is 61.2 Å². The second-order valence-electron chi connectivity index (χ2n) is 16.9. The van der Waals surface area contributed by atoms with Crippen molar-refractivity contribution in [1.82, 2.24) is 48.9 Å². The van der Waals surface area contributed by atoms with Crippen LogP contribution in [0, 0.1) is 5.82 Å². The highest BCUT2D eigenvalue weighted by Crippen LogP contribution is 2.38. The van der Waals surface area contributed by atoms with E-state index < -0.39 is 12.2 Å². The molecule has 8 heterocycles. The van der Waals surface area contributed by atoms with Crippen molar-refractivity contribution in [3.63, 3.8) is 0 Å². The SMILES string of the molecule is CC(=O)N1CCc2c(c(Nc3ccc(F)c(-c4cnn(CCC(=O)N5CCc6c(c(Nc7ccc(-c8cnn(C)c8)c(C(F)F)c7)nn6C6CCOC6)C5)c4)c3)nn2C2CCOC2)C1. The molecule has 0 spiro atoms. The number of fused-ring (bicyclic) bond motifs is 2. The van der Waals surface area contributed by atoms with Crippen LogP contribution in [0.25, 0.3) is 22.3 Å². The zero-order chi connectivity index (χ0) is 44.1. The molecule has 6 aromatic rings. The summed E-state index contributed by atoms with van der Waals surface area (Å²) in [6.07, 6.45) is 6.92. The Kier molecular flexibility index (Phi) is 11.2. The van der Waals surface area contributed by atoms with Crippen LogP contribution < -0.4 is 10.6 Å². The Morgan fingerprint density at radius 2 is 1.41 bits per heavy atom. The quantitative estimate of drug-likeness (QED) is 0.136. The molecule has 4 aliphatic rings. The fraction of sp³-hybridized carbons (Fsp3) is 0.422. The molecule has 10 rings (SSSR count). The molecule has 0 bridgehead atoms. The molecule has 16 nitrogen and oxygen atoms in total. The summed E-state index contributed by atoms with van der Waals surface area (Å²) in [6.45, 7) is 6.06. The lowest BCUT2D eigenvalue weighted by Crippen LogP contribution is -2.37. The Morgan fingerprint density at radius 1 is 0.797 bits per heavy atom. The van der Waals surface area contributed by atoms with Gasteiger partial charge >= 0.3 is 0 Å². The number of hydrogen-bond donors (Lipinski definition) is 2. The number of hydrogen-bond acceptors (Lipinski definition) is 10. The smallest absolute Gasteiger partial charge is 0.264 e. The van der Waals surface area contributed by atoms with Gasteiger partial charge in [0.25, 0.3) is 6.43 Å². The zero-order valence-corrected chi connectivity index (χ0v) is 35.6. The molecule has 19 heteroatoms. The third kappa shape index (κ3) is 8.13. The van der Waals surface area contributed by atoms with Gasteiger partial charge in [-0.3, -0.25) is 28.3 Å². The molecule has 2 aromatic carbocycles. The van der Waals surface area contributed by atoms with E-state index in [0.717, 1.165) is 35.4 Å². The highest BCUT2D eigenvalue weighted by molar-refractivity contribution is 5.78. The van der Waals surface area contributed by atoms with Crippen molar-refractivity contribution in [3.05, 3.63) is 95.1 Å².